The van der Waals surface area contributed by atoms with Crippen molar-refractivity contribution in [1.29, 1.82) is 0 Å². The van der Waals surface area contributed by atoms with Gasteiger partial charge in [-0.2, -0.15) is 0 Å². The van der Waals surface area contributed by atoms with Gasteiger partial charge in [0.25, 0.3) is 5.91 Å². The molecule has 1 N–H and O–H groups in total. The van der Waals surface area contributed by atoms with Gasteiger partial charge in [0.05, 0.1) is 30.9 Å². The lowest BCUT2D eigenvalue weighted by Gasteiger charge is -2.43. The van der Waals surface area contributed by atoms with Crippen LogP contribution in [0, 0.1) is 11.8 Å². The fourth-order valence-corrected chi connectivity index (χ4v) is 5.64. The molecule has 43 heavy (non-hydrogen) atoms. The van der Waals surface area contributed by atoms with Crippen molar-refractivity contribution in [1.82, 2.24) is 29.7 Å². The highest BCUT2D eigenvalue weighted by Gasteiger charge is 2.41. The number of amides is 3. The van der Waals surface area contributed by atoms with Crippen LogP contribution in [-0.4, -0.2) is 105 Å². The average molecular weight is 591 g/mol. The summed E-state index contributed by atoms with van der Waals surface area (Å²) in [6.07, 6.45) is -0.769. The maximum Gasteiger partial charge on any atom is 0.407 e. The molecule has 0 bridgehead atoms. The van der Waals surface area contributed by atoms with Gasteiger partial charge >= 0.3 is 6.09 Å². The van der Waals surface area contributed by atoms with Gasteiger partial charge in [0.2, 0.25) is 5.91 Å². The molecule has 2 fully saturated rings. The van der Waals surface area contributed by atoms with Crippen molar-refractivity contribution in [3.63, 3.8) is 0 Å². The lowest BCUT2D eigenvalue weighted by Crippen LogP contribution is -2.58. The fraction of sp³-hybridized carbons (Fsp3) is 0.452. The van der Waals surface area contributed by atoms with Gasteiger partial charge in [-0.3, -0.25) is 9.59 Å². The number of carbonyl (C=O) groups excluding carboxylic acids is 2. The third-order valence-corrected chi connectivity index (χ3v) is 7.72. The molecule has 5 rings (SSSR count). The summed E-state index contributed by atoms with van der Waals surface area (Å²) >= 11 is 0. The van der Waals surface area contributed by atoms with Gasteiger partial charge in [-0.05, 0) is 36.6 Å². The maximum atomic E-state index is 14.4. The number of ether oxygens (including phenoxy) is 2. The van der Waals surface area contributed by atoms with Gasteiger partial charge in [0.1, 0.15) is 18.1 Å². The van der Waals surface area contributed by atoms with E-state index >= 15 is 0 Å². The molecule has 1 aromatic heterocycles. The quantitative estimate of drug-likeness (QED) is 0.402. The van der Waals surface area contributed by atoms with Crippen LogP contribution in [0.15, 0.2) is 60.7 Å². The Kier molecular flexibility index (Phi) is 9.55. The first kappa shape index (κ1) is 30.0. The molecule has 2 aliphatic rings. The van der Waals surface area contributed by atoms with Crippen molar-refractivity contribution >= 4 is 17.9 Å². The Morgan fingerprint density at radius 2 is 1.67 bits per heavy atom. The smallest absolute Gasteiger partial charge is 0.407 e. The van der Waals surface area contributed by atoms with E-state index in [1.807, 2.05) is 74.5 Å². The number of morpholine rings is 1. The zero-order valence-corrected chi connectivity index (χ0v) is 24.5. The molecule has 2 saturated heterocycles. The van der Waals surface area contributed by atoms with E-state index in [0.29, 0.717) is 50.7 Å². The molecule has 0 saturated carbocycles. The number of hydrogen-bond donors (Lipinski definition) is 1. The monoisotopic (exact) mass is 590 g/mol. The summed E-state index contributed by atoms with van der Waals surface area (Å²) in [6.45, 7) is 6.41. The lowest BCUT2D eigenvalue weighted by molar-refractivity contribution is -0.142. The molecule has 3 heterocycles. The largest absolute Gasteiger partial charge is 0.487 e. The van der Waals surface area contributed by atoms with Gasteiger partial charge in [0, 0.05) is 32.7 Å². The number of benzene rings is 2. The Labute approximate surface area is 250 Å². The molecule has 228 valence electrons. The van der Waals surface area contributed by atoms with Crippen molar-refractivity contribution in [3.8, 4) is 11.4 Å². The number of para-hydroxylation sites is 2. The van der Waals surface area contributed by atoms with Crippen molar-refractivity contribution in [3.05, 3.63) is 72.1 Å². The van der Waals surface area contributed by atoms with Crippen LogP contribution in [0.2, 0.25) is 0 Å². The molecule has 0 unspecified atom stereocenters. The van der Waals surface area contributed by atoms with E-state index < -0.39 is 18.1 Å². The zero-order valence-electron chi connectivity index (χ0n) is 24.5. The van der Waals surface area contributed by atoms with Gasteiger partial charge in [-0.1, -0.05) is 55.5 Å². The molecule has 3 amide bonds. The van der Waals surface area contributed by atoms with E-state index in [1.165, 1.54) is 4.90 Å². The van der Waals surface area contributed by atoms with E-state index in [-0.39, 0.29) is 43.1 Å². The fourth-order valence-electron chi connectivity index (χ4n) is 5.64. The Hall–Kier alpha value is -4.45. The Morgan fingerprint density at radius 3 is 2.33 bits per heavy atom. The van der Waals surface area contributed by atoms with Crippen LogP contribution >= 0.6 is 0 Å². The van der Waals surface area contributed by atoms with Crippen LogP contribution in [-0.2, 0) is 16.1 Å². The van der Waals surface area contributed by atoms with Crippen LogP contribution < -0.4 is 4.74 Å². The normalized spacial score (nSPS) is 18.9. The first-order valence-corrected chi connectivity index (χ1v) is 14.6. The molecule has 2 aliphatic heterocycles. The second kappa shape index (κ2) is 13.7. The van der Waals surface area contributed by atoms with Crippen molar-refractivity contribution in [2.45, 2.75) is 32.9 Å². The van der Waals surface area contributed by atoms with Crippen LogP contribution in [0.25, 0.3) is 5.69 Å². The molecule has 3 aromatic rings. The van der Waals surface area contributed by atoms with E-state index in [0.717, 1.165) is 5.69 Å². The number of rotatable bonds is 9. The molecule has 0 spiro atoms. The Morgan fingerprint density at radius 1 is 1.00 bits per heavy atom. The number of aromatic nitrogens is 3. The molecule has 2 aromatic carbocycles. The zero-order chi connectivity index (χ0) is 30.3. The van der Waals surface area contributed by atoms with Crippen molar-refractivity contribution in [2.75, 3.05) is 45.9 Å². The molecular formula is C31H38N6O6. The minimum absolute atomic E-state index is 0.0343. The summed E-state index contributed by atoms with van der Waals surface area (Å²) in [5.41, 5.74) is 1.33. The van der Waals surface area contributed by atoms with Gasteiger partial charge in [-0.15, -0.1) is 5.10 Å². The number of likely N-dealkylation sites (tertiary alicyclic amines) is 1. The first-order valence-electron chi connectivity index (χ1n) is 14.6. The molecule has 2 atom stereocenters. The summed E-state index contributed by atoms with van der Waals surface area (Å²) in [5, 5.41) is 18.6. The molecule has 0 radical (unpaired) electrons. The third-order valence-electron chi connectivity index (χ3n) is 7.72. The standard InChI is InChI=1S/C31H38N6O6/c1-22(2)18-36(25-17-23(19-35(20-25)31(40)41)29(38)34-13-15-42-16-14-34)30(39)28-27(21-43-26-11-7-4-8-12-26)37(33-32-28)24-9-5-3-6-10-24/h3-12,22-23,25H,13-21H2,1-2H3,(H,40,41)/t23-,25+/m1/s1. The number of carbonyl (C=O) groups is 3. The second-order valence-electron chi connectivity index (χ2n) is 11.3. The summed E-state index contributed by atoms with van der Waals surface area (Å²) in [7, 11) is 0. The van der Waals surface area contributed by atoms with E-state index in [2.05, 4.69) is 10.3 Å². The van der Waals surface area contributed by atoms with Gasteiger partial charge in [-0.25, -0.2) is 9.48 Å². The molecule has 0 aliphatic carbocycles. The third kappa shape index (κ3) is 7.14. The lowest BCUT2D eigenvalue weighted by atomic mass is 9.91. The van der Waals surface area contributed by atoms with E-state index in [4.69, 9.17) is 9.47 Å². The first-order chi connectivity index (χ1) is 20.8. The van der Waals surface area contributed by atoms with E-state index in [1.54, 1.807) is 14.5 Å². The summed E-state index contributed by atoms with van der Waals surface area (Å²) in [4.78, 5) is 44.7. The van der Waals surface area contributed by atoms with Gasteiger partial charge < -0.3 is 29.3 Å². The Bertz CT molecular complexity index is 1390. The summed E-state index contributed by atoms with van der Waals surface area (Å²) in [5.74, 6) is -0.350. The number of piperidine rings is 1. The highest BCUT2D eigenvalue weighted by molar-refractivity contribution is 5.94. The number of nitrogens with zero attached hydrogens (tertiary/aromatic N) is 6. The highest BCUT2D eigenvalue weighted by atomic mass is 16.5. The number of carboxylic acid groups (broad SMARTS) is 1. The maximum absolute atomic E-state index is 14.4. The SMILES string of the molecule is CC(C)CN(C(=O)c1nnn(-c2ccccc2)c1COc1ccccc1)[C@H]1C[C@@H](C(=O)N2CCOCC2)CN(C(=O)O)C1. The molecule has 12 heteroatoms. The van der Waals surface area contributed by atoms with Crippen molar-refractivity contribution in [2.24, 2.45) is 11.8 Å². The topological polar surface area (TPSA) is 130 Å². The molecular weight excluding hydrogens is 552 g/mol. The van der Waals surface area contributed by atoms with Crippen LogP contribution in [0.3, 0.4) is 0 Å². The van der Waals surface area contributed by atoms with E-state index in [9.17, 15) is 19.5 Å². The number of hydrogen-bond acceptors (Lipinski definition) is 7. The predicted octanol–water partition coefficient (Wildman–Crippen LogP) is 3.17. The van der Waals surface area contributed by atoms with Crippen molar-refractivity contribution < 1.29 is 29.0 Å². The predicted molar refractivity (Wildman–Crippen MR) is 157 cm³/mol. The van der Waals surface area contributed by atoms with Crippen LogP contribution in [0.1, 0.15) is 36.5 Å². The second-order valence-corrected chi connectivity index (χ2v) is 11.3. The minimum Gasteiger partial charge on any atom is -0.487 e. The minimum atomic E-state index is -1.12. The van der Waals surface area contributed by atoms with Gasteiger partial charge in [0.15, 0.2) is 5.69 Å². The van der Waals surface area contributed by atoms with Crippen LogP contribution in [0.4, 0.5) is 4.79 Å². The van der Waals surface area contributed by atoms with Crippen LogP contribution in [0.5, 0.6) is 5.75 Å². The summed E-state index contributed by atoms with van der Waals surface area (Å²) in [6, 6.07) is 18.1. The molecule has 12 nitrogen and oxygen atoms in total. The highest BCUT2D eigenvalue weighted by Crippen LogP contribution is 2.27. The average Bonchev–Trinajstić information content (AvgIpc) is 3.47. The Balaban J connectivity index is 1.47. The summed E-state index contributed by atoms with van der Waals surface area (Å²) < 4.78 is 13.0.